The molecule has 0 radical (unpaired) electrons. The summed E-state index contributed by atoms with van der Waals surface area (Å²) in [5.74, 6) is -0.825. The molecule has 4 rings (SSSR count). The van der Waals surface area contributed by atoms with E-state index in [1.165, 1.54) is 35.6 Å². The fourth-order valence-electron chi connectivity index (χ4n) is 3.33. The Bertz CT molecular complexity index is 1440. The number of sulfone groups is 1. The Morgan fingerprint density at radius 1 is 1.19 bits per heavy atom. The average molecular weight is 481 g/mol. The van der Waals surface area contributed by atoms with Gasteiger partial charge in [0, 0.05) is 18.7 Å². The molecule has 1 unspecified atom stereocenters. The van der Waals surface area contributed by atoms with Crippen LogP contribution in [0.1, 0.15) is 16.8 Å². The highest BCUT2D eigenvalue weighted by molar-refractivity contribution is 7.92. The molecule has 31 heavy (non-hydrogen) atoms. The summed E-state index contributed by atoms with van der Waals surface area (Å²) >= 11 is 1.41. The van der Waals surface area contributed by atoms with Crippen LogP contribution < -0.4 is 14.9 Å². The molecule has 0 bridgehead atoms. The summed E-state index contributed by atoms with van der Waals surface area (Å²) in [5, 5.41) is 4.16. The second-order valence-electron chi connectivity index (χ2n) is 7.21. The van der Waals surface area contributed by atoms with Gasteiger partial charge in [-0.05, 0) is 36.8 Å². The number of aromatic nitrogens is 1. The van der Waals surface area contributed by atoms with Gasteiger partial charge in [0.1, 0.15) is 0 Å². The van der Waals surface area contributed by atoms with E-state index in [9.17, 15) is 21.6 Å². The van der Waals surface area contributed by atoms with Crippen LogP contribution >= 0.6 is 11.3 Å². The van der Waals surface area contributed by atoms with E-state index < -0.39 is 31.8 Å². The molecular weight excluding hydrogens is 460 g/mol. The molecule has 1 aliphatic heterocycles. The minimum Gasteiger partial charge on any atom is -0.318 e. The number of nitrogens with one attached hydrogen (secondary N) is 2. The first-order chi connectivity index (χ1) is 14.6. The van der Waals surface area contributed by atoms with Crippen molar-refractivity contribution < 1.29 is 21.6 Å². The minimum absolute atomic E-state index is 0.0424. The quantitative estimate of drug-likeness (QED) is 0.526. The van der Waals surface area contributed by atoms with Crippen molar-refractivity contribution in [2.45, 2.75) is 17.4 Å². The zero-order valence-electron chi connectivity index (χ0n) is 16.5. The van der Waals surface area contributed by atoms with Gasteiger partial charge in [-0.1, -0.05) is 29.5 Å². The summed E-state index contributed by atoms with van der Waals surface area (Å²) in [6.07, 6.45) is 0.229. The number of para-hydroxylation sites is 1. The van der Waals surface area contributed by atoms with Crippen LogP contribution in [0.5, 0.6) is 0 Å². The number of aryl methyl sites for hydroxylation is 1. The Labute approximate surface area is 183 Å². The first-order valence-corrected chi connectivity index (χ1v) is 13.5. The first-order valence-electron chi connectivity index (χ1n) is 9.36. The van der Waals surface area contributed by atoms with Crippen LogP contribution in [-0.2, 0) is 26.9 Å². The van der Waals surface area contributed by atoms with Gasteiger partial charge in [-0.25, -0.2) is 27.0 Å². The predicted molar refractivity (Wildman–Crippen MR) is 118 cm³/mol. The molecule has 1 atom stereocenters. The maximum atomic E-state index is 12.6. The highest BCUT2D eigenvalue weighted by Crippen LogP contribution is 2.17. The Balaban J connectivity index is 1.53. The predicted octanol–water partition coefficient (Wildman–Crippen LogP) is 0.951. The Kier molecular flexibility index (Phi) is 5.73. The van der Waals surface area contributed by atoms with Gasteiger partial charge in [-0.15, -0.1) is 5.10 Å². The molecule has 2 heterocycles. The lowest BCUT2D eigenvalue weighted by atomic mass is 10.2. The van der Waals surface area contributed by atoms with E-state index in [1.54, 1.807) is 0 Å². The van der Waals surface area contributed by atoms with Gasteiger partial charge in [0.05, 0.1) is 26.6 Å². The molecule has 2 aromatic carbocycles. The van der Waals surface area contributed by atoms with Crippen molar-refractivity contribution in [1.82, 2.24) is 14.7 Å². The number of nitrogens with zero attached hydrogens (tertiary/aromatic N) is 2. The Morgan fingerprint density at radius 3 is 2.68 bits per heavy atom. The normalized spacial score (nSPS) is 19.0. The van der Waals surface area contributed by atoms with Gasteiger partial charge in [0.15, 0.2) is 9.84 Å². The molecule has 1 amide bonds. The van der Waals surface area contributed by atoms with Gasteiger partial charge in [0.25, 0.3) is 5.91 Å². The van der Waals surface area contributed by atoms with Gasteiger partial charge < -0.3 is 4.57 Å². The molecule has 9 nitrogen and oxygen atoms in total. The van der Waals surface area contributed by atoms with Gasteiger partial charge in [-0.3, -0.25) is 4.79 Å². The molecule has 2 N–H and O–H groups in total. The van der Waals surface area contributed by atoms with E-state index in [2.05, 4.69) is 15.2 Å². The maximum Gasteiger partial charge on any atom is 0.271 e. The van der Waals surface area contributed by atoms with Crippen molar-refractivity contribution in [2.75, 3.05) is 11.5 Å². The van der Waals surface area contributed by atoms with E-state index in [0.29, 0.717) is 4.80 Å². The van der Waals surface area contributed by atoms with Gasteiger partial charge in [-0.2, -0.15) is 0 Å². The van der Waals surface area contributed by atoms with Crippen LogP contribution in [0.3, 0.4) is 0 Å². The van der Waals surface area contributed by atoms with Crippen LogP contribution in [0.4, 0.5) is 0 Å². The van der Waals surface area contributed by atoms with E-state index in [-0.39, 0.29) is 28.4 Å². The molecule has 3 aromatic rings. The second-order valence-corrected chi connectivity index (χ2v) is 12.2. The number of carbonyl (C=O) groups is 1. The average Bonchev–Trinajstić information content (AvgIpc) is 3.24. The number of thiazole rings is 1. The lowest BCUT2D eigenvalue weighted by Crippen LogP contribution is -2.35. The number of fused-ring (bicyclic) bond motifs is 1. The maximum absolute atomic E-state index is 12.6. The lowest BCUT2D eigenvalue weighted by molar-refractivity contribution is 0.0952. The summed E-state index contributed by atoms with van der Waals surface area (Å²) in [5.41, 5.74) is 3.56. The lowest BCUT2D eigenvalue weighted by Gasteiger charge is -2.12. The number of amides is 1. The molecule has 0 saturated carbocycles. The van der Waals surface area contributed by atoms with Crippen molar-refractivity contribution in [3.63, 3.8) is 0 Å². The largest absolute Gasteiger partial charge is 0.318 e. The highest BCUT2D eigenvalue weighted by atomic mass is 32.2. The van der Waals surface area contributed by atoms with Crippen LogP contribution in [-0.4, -0.2) is 44.9 Å². The number of sulfonamides is 1. The number of hydrogen-bond donors (Lipinski definition) is 2. The number of hydrogen-bond acceptors (Lipinski definition) is 7. The molecule has 1 saturated heterocycles. The minimum atomic E-state index is -3.97. The molecule has 1 fully saturated rings. The summed E-state index contributed by atoms with van der Waals surface area (Å²) in [4.78, 5) is 13.0. The van der Waals surface area contributed by atoms with Crippen LogP contribution in [0.2, 0.25) is 0 Å². The fourth-order valence-corrected chi connectivity index (χ4v) is 7.41. The van der Waals surface area contributed by atoms with Crippen molar-refractivity contribution in [1.29, 1.82) is 0 Å². The molecular formula is C19H20N4O5S3. The monoisotopic (exact) mass is 480 g/mol. The smallest absolute Gasteiger partial charge is 0.271 e. The molecule has 1 aliphatic rings. The topological polar surface area (TPSA) is 127 Å². The van der Waals surface area contributed by atoms with Crippen molar-refractivity contribution in [3.05, 3.63) is 58.9 Å². The van der Waals surface area contributed by atoms with Crippen LogP contribution in [0.25, 0.3) is 10.2 Å². The van der Waals surface area contributed by atoms with Crippen LogP contribution in [0, 0.1) is 0 Å². The van der Waals surface area contributed by atoms with E-state index in [4.69, 9.17) is 0 Å². The Hall–Kier alpha value is -2.54. The standard InChI is InChI=1S/C19H20N4O5S3/c1-23-16-7-2-3-8-17(16)29-19(23)21-20-18(24)13-5-4-6-15(11-13)31(27,28)22-14-9-10-30(25,26)12-14/h2-8,11,14,22H,9-10,12H2,1H3,(H,20,24)/b21-19-. The number of rotatable bonds is 5. The molecule has 0 aliphatic carbocycles. The molecule has 164 valence electrons. The third kappa shape index (κ3) is 4.71. The van der Waals surface area contributed by atoms with Crippen molar-refractivity contribution >= 4 is 47.3 Å². The SMILES string of the molecule is Cn1/c(=N/NC(=O)c2cccc(S(=O)(=O)NC3CCS(=O)(=O)C3)c2)sc2ccccc21. The number of carbonyl (C=O) groups excluding carboxylic acids is 1. The summed E-state index contributed by atoms with van der Waals surface area (Å²) in [6.45, 7) is 0. The zero-order chi connectivity index (χ0) is 22.2. The van der Waals surface area contributed by atoms with Gasteiger partial charge >= 0.3 is 0 Å². The van der Waals surface area contributed by atoms with Gasteiger partial charge in [0.2, 0.25) is 14.8 Å². The molecule has 12 heteroatoms. The summed E-state index contributed by atoms with van der Waals surface area (Å²) < 4.78 is 53.7. The fraction of sp³-hybridized carbons (Fsp3) is 0.263. The molecule has 0 spiro atoms. The third-order valence-electron chi connectivity index (χ3n) is 4.93. The highest BCUT2D eigenvalue weighted by Gasteiger charge is 2.31. The third-order valence-corrected chi connectivity index (χ3v) is 9.33. The molecule has 1 aromatic heterocycles. The summed E-state index contributed by atoms with van der Waals surface area (Å²) in [6, 6.07) is 12.6. The van der Waals surface area contributed by atoms with Crippen molar-refractivity contribution in [3.8, 4) is 0 Å². The second kappa shape index (κ2) is 8.19. The van der Waals surface area contributed by atoms with E-state index in [0.717, 1.165) is 10.2 Å². The Morgan fingerprint density at radius 2 is 1.97 bits per heavy atom. The van der Waals surface area contributed by atoms with E-state index in [1.807, 2.05) is 35.9 Å². The van der Waals surface area contributed by atoms with E-state index >= 15 is 0 Å². The van der Waals surface area contributed by atoms with Crippen molar-refractivity contribution in [2.24, 2.45) is 12.1 Å². The first kappa shape index (κ1) is 21.7. The number of benzene rings is 2. The zero-order valence-corrected chi connectivity index (χ0v) is 18.9. The van der Waals surface area contributed by atoms with Crippen LogP contribution in [0.15, 0.2) is 58.5 Å². The summed E-state index contributed by atoms with van der Waals surface area (Å²) in [7, 11) is -5.35.